The first-order valence-corrected chi connectivity index (χ1v) is 8.51. The van der Waals surface area contributed by atoms with Crippen LogP contribution in [0, 0.1) is 0 Å². The molecular formula is C17H13F6NO2S. The maximum atomic E-state index is 12.9. The first-order chi connectivity index (χ1) is 12.5. The number of halogens is 6. The lowest BCUT2D eigenvalue weighted by Crippen LogP contribution is -2.16. The first kappa shape index (κ1) is 20.9. The van der Waals surface area contributed by atoms with Gasteiger partial charge in [0.05, 0.1) is 23.8 Å². The Morgan fingerprint density at radius 1 is 0.963 bits per heavy atom. The topological polar surface area (TPSA) is 38.3 Å². The van der Waals surface area contributed by atoms with E-state index in [1.54, 1.807) is 12.3 Å². The van der Waals surface area contributed by atoms with Gasteiger partial charge in [0.25, 0.3) is 5.91 Å². The quantitative estimate of drug-likeness (QED) is 0.520. The van der Waals surface area contributed by atoms with E-state index in [1.807, 2.05) is 0 Å². The van der Waals surface area contributed by atoms with Crippen LogP contribution in [-0.2, 0) is 12.4 Å². The number of carbonyl (C=O) groups excluding carboxylic acids is 1. The van der Waals surface area contributed by atoms with Crippen LogP contribution in [0.3, 0.4) is 0 Å². The Hall–Kier alpha value is -2.36. The van der Waals surface area contributed by atoms with E-state index in [0.29, 0.717) is 12.1 Å². The number of nitrogens with one attached hydrogen (secondary N) is 1. The molecule has 0 spiro atoms. The summed E-state index contributed by atoms with van der Waals surface area (Å²) in [6, 6.07) is 5.36. The van der Waals surface area contributed by atoms with Crippen molar-refractivity contribution in [1.29, 1.82) is 0 Å². The van der Waals surface area contributed by atoms with Crippen molar-refractivity contribution < 1.29 is 35.9 Å². The molecule has 0 unspecified atom stereocenters. The van der Waals surface area contributed by atoms with Gasteiger partial charge in [0.1, 0.15) is 5.75 Å². The minimum atomic E-state index is -5.00. The summed E-state index contributed by atoms with van der Waals surface area (Å²) in [7, 11) is 1.29. The number of carbonyl (C=O) groups is 1. The Bertz CT molecular complexity index is 816. The molecule has 0 saturated heterocycles. The fourth-order valence-electron chi connectivity index (χ4n) is 2.21. The predicted octanol–water partition coefficient (Wildman–Crippen LogP) is 5.71. The molecule has 0 aliphatic carbocycles. The van der Waals surface area contributed by atoms with E-state index >= 15 is 0 Å². The Labute approximate surface area is 154 Å². The van der Waals surface area contributed by atoms with Crippen molar-refractivity contribution in [2.45, 2.75) is 17.2 Å². The fourth-order valence-corrected chi connectivity index (χ4v) is 2.64. The highest BCUT2D eigenvalue weighted by molar-refractivity contribution is 7.98. The summed E-state index contributed by atoms with van der Waals surface area (Å²) in [5.41, 5.74) is -3.69. The minimum Gasteiger partial charge on any atom is -0.496 e. The van der Waals surface area contributed by atoms with Gasteiger partial charge in [0, 0.05) is 10.6 Å². The van der Waals surface area contributed by atoms with Gasteiger partial charge in [0.15, 0.2) is 0 Å². The Morgan fingerprint density at radius 3 is 1.96 bits per heavy atom. The van der Waals surface area contributed by atoms with Gasteiger partial charge in [-0.15, -0.1) is 11.8 Å². The van der Waals surface area contributed by atoms with E-state index in [-0.39, 0.29) is 17.4 Å². The molecule has 0 atom stereocenters. The van der Waals surface area contributed by atoms with Crippen LogP contribution in [0.5, 0.6) is 5.75 Å². The monoisotopic (exact) mass is 409 g/mol. The third-order valence-electron chi connectivity index (χ3n) is 3.50. The molecule has 0 aliphatic rings. The first-order valence-electron chi connectivity index (χ1n) is 7.28. The molecule has 1 amide bonds. The second-order valence-corrected chi connectivity index (χ2v) is 6.19. The van der Waals surface area contributed by atoms with E-state index in [2.05, 4.69) is 5.32 Å². The van der Waals surface area contributed by atoms with Gasteiger partial charge in [0.2, 0.25) is 0 Å². The summed E-state index contributed by atoms with van der Waals surface area (Å²) in [6.45, 7) is 0. The third kappa shape index (κ3) is 5.09. The highest BCUT2D eigenvalue weighted by atomic mass is 32.2. The molecule has 2 aromatic carbocycles. The number of anilines is 1. The Morgan fingerprint density at radius 2 is 1.52 bits per heavy atom. The van der Waals surface area contributed by atoms with Gasteiger partial charge in [-0.3, -0.25) is 4.79 Å². The largest absolute Gasteiger partial charge is 0.496 e. The molecule has 0 heterocycles. The number of hydrogen-bond acceptors (Lipinski definition) is 3. The van der Waals surface area contributed by atoms with E-state index in [4.69, 9.17) is 4.74 Å². The molecule has 3 nitrogen and oxygen atoms in total. The molecular weight excluding hydrogens is 396 g/mol. The van der Waals surface area contributed by atoms with Crippen molar-refractivity contribution in [2.24, 2.45) is 0 Å². The lowest BCUT2D eigenvalue weighted by molar-refractivity contribution is -0.143. The van der Waals surface area contributed by atoms with Crippen LogP contribution in [0.1, 0.15) is 21.5 Å². The van der Waals surface area contributed by atoms with Crippen LogP contribution in [0.2, 0.25) is 0 Å². The molecule has 0 saturated carbocycles. The van der Waals surface area contributed by atoms with Gasteiger partial charge in [-0.1, -0.05) is 0 Å². The zero-order valence-corrected chi connectivity index (χ0v) is 14.8. The molecule has 0 bridgehead atoms. The minimum absolute atomic E-state index is 0.0104. The molecule has 0 fully saturated rings. The van der Waals surface area contributed by atoms with Crippen molar-refractivity contribution >= 4 is 23.4 Å². The maximum absolute atomic E-state index is 12.9. The van der Waals surface area contributed by atoms with Crippen LogP contribution in [0.25, 0.3) is 0 Å². The number of rotatable bonds is 4. The number of hydrogen-bond donors (Lipinski definition) is 1. The van der Waals surface area contributed by atoms with Crippen LogP contribution in [-0.4, -0.2) is 19.3 Å². The number of alkyl halides is 6. The Kier molecular flexibility index (Phi) is 5.98. The molecule has 2 rings (SSSR count). The Balaban J connectivity index is 2.43. The fraction of sp³-hybridized carbons (Fsp3) is 0.235. The molecule has 2 aromatic rings. The standard InChI is InChI=1S/C17H13F6NO2S/c1-26-14-8-12(27-2)3-4-13(14)15(25)24-11-6-9(16(18,19)20)5-10(7-11)17(21,22)23/h3-8H,1-2H3,(H,24,25). The summed E-state index contributed by atoms with van der Waals surface area (Å²) in [5, 5.41) is 2.07. The highest BCUT2D eigenvalue weighted by Gasteiger charge is 2.37. The van der Waals surface area contributed by atoms with Gasteiger partial charge >= 0.3 is 12.4 Å². The predicted molar refractivity (Wildman–Crippen MR) is 89.2 cm³/mol. The molecule has 0 aliphatic heterocycles. The molecule has 10 heteroatoms. The van der Waals surface area contributed by atoms with E-state index in [0.717, 1.165) is 4.90 Å². The third-order valence-corrected chi connectivity index (χ3v) is 4.22. The number of thioether (sulfide) groups is 1. The zero-order chi connectivity index (χ0) is 20.4. The summed E-state index contributed by atoms with van der Waals surface area (Å²) in [6.07, 6.45) is -8.22. The zero-order valence-electron chi connectivity index (χ0n) is 14.0. The molecule has 0 aromatic heterocycles. The number of amides is 1. The molecule has 0 radical (unpaired) electrons. The maximum Gasteiger partial charge on any atom is 0.416 e. The normalized spacial score (nSPS) is 12.0. The summed E-state index contributed by atoms with van der Waals surface area (Å²) in [4.78, 5) is 13.1. The molecule has 1 N–H and O–H groups in total. The van der Waals surface area contributed by atoms with Crippen LogP contribution in [0.4, 0.5) is 32.0 Å². The second-order valence-electron chi connectivity index (χ2n) is 5.31. The number of ether oxygens (including phenoxy) is 1. The van der Waals surface area contributed by atoms with Crippen molar-refractivity contribution in [3.63, 3.8) is 0 Å². The van der Waals surface area contributed by atoms with Crippen molar-refractivity contribution in [1.82, 2.24) is 0 Å². The van der Waals surface area contributed by atoms with Crippen LogP contribution >= 0.6 is 11.8 Å². The van der Waals surface area contributed by atoms with Gasteiger partial charge < -0.3 is 10.1 Å². The van der Waals surface area contributed by atoms with Crippen molar-refractivity contribution in [2.75, 3.05) is 18.7 Å². The lowest BCUT2D eigenvalue weighted by atomic mass is 10.1. The van der Waals surface area contributed by atoms with E-state index < -0.39 is 35.1 Å². The van der Waals surface area contributed by atoms with Crippen LogP contribution < -0.4 is 10.1 Å². The van der Waals surface area contributed by atoms with Gasteiger partial charge in [-0.2, -0.15) is 26.3 Å². The smallest absolute Gasteiger partial charge is 0.416 e. The van der Waals surface area contributed by atoms with Gasteiger partial charge in [-0.25, -0.2) is 0 Å². The van der Waals surface area contributed by atoms with E-state index in [9.17, 15) is 31.1 Å². The van der Waals surface area contributed by atoms with Crippen molar-refractivity contribution in [3.8, 4) is 5.75 Å². The lowest BCUT2D eigenvalue weighted by Gasteiger charge is -2.15. The van der Waals surface area contributed by atoms with Crippen molar-refractivity contribution in [3.05, 3.63) is 53.1 Å². The molecule has 27 heavy (non-hydrogen) atoms. The molecule has 146 valence electrons. The summed E-state index contributed by atoms with van der Waals surface area (Å²) in [5.74, 6) is -0.755. The van der Waals surface area contributed by atoms with Crippen LogP contribution in [0.15, 0.2) is 41.3 Å². The number of methoxy groups -OCH3 is 1. The van der Waals surface area contributed by atoms with E-state index in [1.165, 1.54) is 31.0 Å². The second kappa shape index (κ2) is 7.71. The summed E-state index contributed by atoms with van der Waals surface area (Å²) < 4.78 is 82.4. The average molecular weight is 409 g/mol. The van der Waals surface area contributed by atoms with Gasteiger partial charge in [-0.05, 0) is 42.7 Å². The average Bonchev–Trinajstić information content (AvgIpc) is 2.59. The number of benzene rings is 2. The summed E-state index contributed by atoms with van der Waals surface area (Å²) >= 11 is 1.37. The SMILES string of the molecule is COc1cc(SC)ccc1C(=O)Nc1cc(C(F)(F)F)cc(C(F)(F)F)c1. The highest BCUT2D eigenvalue weighted by Crippen LogP contribution is 2.37.